The molecular formula is C11H17NOS. The zero-order valence-electron chi connectivity index (χ0n) is 8.75. The van der Waals surface area contributed by atoms with Crippen molar-refractivity contribution < 1.29 is 4.42 Å². The quantitative estimate of drug-likeness (QED) is 0.817. The molecule has 0 saturated carbocycles. The summed E-state index contributed by atoms with van der Waals surface area (Å²) in [5.41, 5.74) is 8.64. The number of furan rings is 1. The van der Waals surface area contributed by atoms with Crippen molar-refractivity contribution in [3.8, 4) is 0 Å². The van der Waals surface area contributed by atoms with Gasteiger partial charge in [-0.2, -0.15) is 11.8 Å². The maximum atomic E-state index is 6.30. The minimum Gasteiger partial charge on any atom is -0.472 e. The lowest BCUT2D eigenvalue weighted by Gasteiger charge is -2.30. The molecule has 0 amide bonds. The molecule has 0 spiro atoms. The van der Waals surface area contributed by atoms with Crippen LogP contribution in [0.2, 0.25) is 0 Å². The predicted molar refractivity (Wildman–Crippen MR) is 60.5 cm³/mol. The summed E-state index contributed by atoms with van der Waals surface area (Å²) < 4.78 is 5.38. The van der Waals surface area contributed by atoms with Gasteiger partial charge in [0.1, 0.15) is 0 Å². The van der Waals surface area contributed by atoms with Gasteiger partial charge in [0.25, 0.3) is 0 Å². The molecule has 2 rings (SSSR count). The molecule has 1 aliphatic rings. The molecule has 2 nitrogen and oxygen atoms in total. The third-order valence-corrected chi connectivity index (χ3v) is 4.75. The van der Waals surface area contributed by atoms with Gasteiger partial charge in [-0.05, 0) is 38.0 Å². The number of aryl methyl sites for hydroxylation is 1. The molecule has 0 aliphatic carbocycles. The van der Waals surface area contributed by atoms with E-state index in [-0.39, 0.29) is 10.8 Å². The second kappa shape index (κ2) is 3.63. The molecule has 1 fully saturated rings. The largest absolute Gasteiger partial charge is 0.472 e. The monoisotopic (exact) mass is 211 g/mol. The Morgan fingerprint density at radius 3 is 2.86 bits per heavy atom. The summed E-state index contributed by atoms with van der Waals surface area (Å²) in [6, 6.07) is 0.105. The van der Waals surface area contributed by atoms with Crippen LogP contribution in [0.3, 0.4) is 0 Å². The molecular weight excluding hydrogens is 194 g/mol. The van der Waals surface area contributed by atoms with Crippen LogP contribution in [0.25, 0.3) is 0 Å². The van der Waals surface area contributed by atoms with Crippen LogP contribution in [-0.4, -0.2) is 10.5 Å². The molecule has 0 radical (unpaired) electrons. The molecule has 1 aromatic rings. The molecule has 3 heteroatoms. The second-order valence-electron chi connectivity index (χ2n) is 4.25. The van der Waals surface area contributed by atoms with Crippen LogP contribution >= 0.6 is 11.8 Å². The lowest BCUT2D eigenvalue weighted by molar-refractivity contribution is 0.491. The van der Waals surface area contributed by atoms with Crippen molar-refractivity contribution in [1.82, 2.24) is 0 Å². The minimum absolute atomic E-state index is 0.105. The number of hydrogen-bond acceptors (Lipinski definition) is 3. The molecule has 1 aromatic heterocycles. The molecule has 1 saturated heterocycles. The molecule has 0 aromatic carbocycles. The second-order valence-corrected chi connectivity index (χ2v) is 5.88. The van der Waals surface area contributed by atoms with E-state index in [1.165, 1.54) is 29.7 Å². The standard InChI is InChI=1S/C11H17NOS/c1-8-6-13-7-9(8)10(12)11(2)4-3-5-14-11/h6-7,10H,3-5,12H2,1-2H3. The Labute approximate surface area is 89.2 Å². The Hall–Kier alpha value is -0.410. The van der Waals surface area contributed by atoms with Gasteiger partial charge in [-0.3, -0.25) is 0 Å². The highest BCUT2D eigenvalue weighted by molar-refractivity contribution is 8.00. The summed E-state index contributed by atoms with van der Waals surface area (Å²) in [6.07, 6.45) is 6.07. The van der Waals surface area contributed by atoms with Crippen LogP contribution in [0.1, 0.15) is 36.9 Å². The van der Waals surface area contributed by atoms with E-state index in [1.54, 1.807) is 12.5 Å². The van der Waals surface area contributed by atoms with Gasteiger partial charge in [-0.1, -0.05) is 0 Å². The highest BCUT2D eigenvalue weighted by Crippen LogP contribution is 2.45. The fourth-order valence-electron chi connectivity index (χ4n) is 2.06. The van der Waals surface area contributed by atoms with Crippen molar-refractivity contribution in [2.45, 2.75) is 37.5 Å². The summed E-state index contributed by atoms with van der Waals surface area (Å²) in [7, 11) is 0. The van der Waals surface area contributed by atoms with E-state index in [9.17, 15) is 0 Å². The van der Waals surface area contributed by atoms with E-state index < -0.39 is 0 Å². The van der Waals surface area contributed by atoms with Gasteiger partial charge < -0.3 is 10.2 Å². The van der Waals surface area contributed by atoms with Crippen molar-refractivity contribution in [3.63, 3.8) is 0 Å². The smallest absolute Gasteiger partial charge is 0.0953 e. The van der Waals surface area contributed by atoms with Crippen LogP contribution in [0.4, 0.5) is 0 Å². The zero-order valence-corrected chi connectivity index (χ0v) is 9.56. The topological polar surface area (TPSA) is 39.2 Å². The number of rotatable bonds is 2. The van der Waals surface area contributed by atoms with E-state index in [0.29, 0.717) is 0 Å². The van der Waals surface area contributed by atoms with Crippen LogP contribution in [0.5, 0.6) is 0 Å². The van der Waals surface area contributed by atoms with Gasteiger partial charge in [0.05, 0.1) is 12.5 Å². The molecule has 2 N–H and O–H groups in total. The maximum Gasteiger partial charge on any atom is 0.0953 e. The van der Waals surface area contributed by atoms with E-state index in [1.807, 2.05) is 11.8 Å². The number of thioether (sulfide) groups is 1. The highest BCUT2D eigenvalue weighted by atomic mass is 32.2. The first kappa shape index (κ1) is 10.1. The SMILES string of the molecule is Cc1cocc1C(N)C1(C)CCCS1. The van der Waals surface area contributed by atoms with Crippen molar-refractivity contribution in [2.75, 3.05) is 5.75 Å². The highest BCUT2D eigenvalue weighted by Gasteiger charge is 2.37. The van der Waals surface area contributed by atoms with Gasteiger partial charge in [0, 0.05) is 16.4 Å². The van der Waals surface area contributed by atoms with E-state index >= 15 is 0 Å². The summed E-state index contributed by atoms with van der Waals surface area (Å²) in [6.45, 7) is 4.32. The molecule has 0 bridgehead atoms. The Bertz CT molecular complexity index is 315. The lowest BCUT2D eigenvalue weighted by atomic mass is 9.91. The molecule has 2 atom stereocenters. The third-order valence-electron chi connectivity index (χ3n) is 3.14. The van der Waals surface area contributed by atoms with E-state index in [0.717, 1.165) is 0 Å². The third kappa shape index (κ3) is 1.59. The first-order valence-electron chi connectivity index (χ1n) is 5.06. The van der Waals surface area contributed by atoms with E-state index in [2.05, 4.69) is 13.8 Å². The summed E-state index contributed by atoms with van der Waals surface area (Å²) >= 11 is 1.99. The fourth-order valence-corrected chi connectivity index (χ4v) is 3.41. The fraction of sp³-hybridized carbons (Fsp3) is 0.636. The van der Waals surface area contributed by atoms with Gasteiger partial charge in [0.2, 0.25) is 0 Å². The van der Waals surface area contributed by atoms with Gasteiger partial charge in [0.15, 0.2) is 0 Å². The average molecular weight is 211 g/mol. The molecule has 78 valence electrons. The van der Waals surface area contributed by atoms with Gasteiger partial charge in [-0.25, -0.2) is 0 Å². The van der Waals surface area contributed by atoms with Crippen LogP contribution in [0.15, 0.2) is 16.9 Å². The Morgan fingerprint density at radius 1 is 1.57 bits per heavy atom. The Kier molecular flexibility index (Phi) is 2.62. The van der Waals surface area contributed by atoms with Crippen molar-refractivity contribution >= 4 is 11.8 Å². The summed E-state index contributed by atoms with van der Waals surface area (Å²) in [5, 5.41) is 0. The van der Waals surface area contributed by atoms with Gasteiger partial charge >= 0.3 is 0 Å². The minimum atomic E-state index is 0.105. The van der Waals surface area contributed by atoms with E-state index in [4.69, 9.17) is 10.2 Å². The van der Waals surface area contributed by atoms with Gasteiger partial charge in [-0.15, -0.1) is 0 Å². The normalized spacial score (nSPS) is 29.4. The summed E-state index contributed by atoms with van der Waals surface area (Å²) in [4.78, 5) is 0. The molecule has 2 heterocycles. The van der Waals surface area contributed by atoms with Crippen LogP contribution in [0, 0.1) is 6.92 Å². The van der Waals surface area contributed by atoms with Crippen molar-refractivity contribution in [3.05, 3.63) is 23.7 Å². The summed E-state index contributed by atoms with van der Waals surface area (Å²) in [5.74, 6) is 1.24. The van der Waals surface area contributed by atoms with Crippen LogP contribution in [-0.2, 0) is 0 Å². The van der Waals surface area contributed by atoms with Crippen molar-refractivity contribution in [1.29, 1.82) is 0 Å². The lowest BCUT2D eigenvalue weighted by Crippen LogP contribution is -2.33. The first-order valence-corrected chi connectivity index (χ1v) is 6.04. The Morgan fingerprint density at radius 2 is 2.36 bits per heavy atom. The number of hydrogen-bond donors (Lipinski definition) is 1. The molecule has 2 unspecified atom stereocenters. The van der Waals surface area contributed by atoms with Crippen LogP contribution < -0.4 is 5.73 Å². The average Bonchev–Trinajstić information content (AvgIpc) is 2.74. The zero-order chi connectivity index (χ0) is 10.2. The maximum absolute atomic E-state index is 6.30. The molecule has 14 heavy (non-hydrogen) atoms. The number of nitrogens with two attached hydrogens (primary N) is 1. The predicted octanol–water partition coefficient (Wildman–Crippen LogP) is 2.87. The Balaban J connectivity index is 2.23. The van der Waals surface area contributed by atoms with Crippen molar-refractivity contribution in [2.24, 2.45) is 5.73 Å². The molecule has 1 aliphatic heterocycles. The first-order chi connectivity index (χ1) is 6.63.